The molecule has 0 saturated carbocycles. The number of esters is 2. The quantitative estimate of drug-likeness (QED) is 0.152. The summed E-state index contributed by atoms with van der Waals surface area (Å²) >= 11 is 0. The Morgan fingerprint density at radius 2 is 1.23 bits per heavy atom. The first-order chi connectivity index (χ1) is 19.5. The van der Waals surface area contributed by atoms with Gasteiger partial charge in [0.25, 0.3) is 0 Å². The highest BCUT2D eigenvalue weighted by Crippen LogP contribution is 2.64. The third kappa shape index (κ3) is 3.96. The second-order valence-corrected chi connectivity index (χ2v) is 10.6. The van der Waals surface area contributed by atoms with Crippen LogP contribution in [0.15, 0.2) is 109 Å². The summed E-state index contributed by atoms with van der Waals surface area (Å²) in [6.07, 6.45) is -0.356. The minimum Gasteiger partial charge on any atom is -0.469 e. The van der Waals surface area contributed by atoms with Gasteiger partial charge in [-0.25, -0.2) is 0 Å². The van der Waals surface area contributed by atoms with Crippen molar-refractivity contribution in [1.82, 2.24) is 0 Å². The van der Waals surface area contributed by atoms with Crippen molar-refractivity contribution in [2.75, 3.05) is 7.11 Å². The molecule has 0 fully saturated rings. The van der Waals surface area contributed by atoms with Gasteiger partial charge in [0.05, 0.1) is 7.11 Å². The standard InChI is InChI=1S/C35H30O5/c1-22(23-13-5-3-6-14-23)40-33(37)31(32(36)24-15-7-4-8-16-24)35(34(38)39-2)21-29-25-17-9-11-19-27(25)30(35)28-20-12-10-18-26(28)29/h3-20,22,29-31H,21H2,1-2H3/t22-,29?,30?,31+,35-/m1/s1. The van der Waals surface area contributed by atoms with Crippen LogP contribution in [0.25, 0.3) is 0 Å². The summed E-state index contributed by atoms with van der Waals surface area (Å²) in [6.45, 7) is 1.78. The number of Topliss-reactive ketones (excluding diaryl/α,β-unsaturated/α-hetero) is 1. The summed E-state index contributed by atoms with van der Waals surface area (Å²) in [7, 11) is 1.33. The highest BCUT2D eigenvalue weighted by Gasteiger charge is 2.65. The Morgan fingerprint density at radius 1 is 0.725 bits per heavy atom. The summed E-state index contributed by atoms with van der Waals surface area (Å²) in [4.78, 5) is 42.9. The molecule has 0 N–H and O–H groups in total. The number of fused-ring (bicyclic) bond motifs is 1. The maximum atomic E-state index is 14.4. The topological polar surface area (TPSA) is 69.7 Å². The van der Waals surface area contributed by atoms with Crippen LogP contribution in [0.3, 0.4) is 0 Å². The summed E-state index contributed by atoms with van der Waals surface area (Å²) < 4.78 is 11.5. The zero-order chi connectivity index (χ0) is 27.9. The molecule has 7 rings (SSSR count). The largest absolute Gasteiger partial charge is 0.469 e. The van der Waals surface area contributed by atoms with E-state index in [1.165, 1.54) is 7.11 Å². The van der Waals surface area contributed by atoms with Crippen LogP contribution >= 0.6 is 0 Å². The zero-order valence-electron chi connectivity index (χ0n) is 22.5. The highest BCUT2D eigenvalue weighted by atomic mass is 16.5. The second kappa shape index (κ2) is 10.2. The molecule has 3 atom stereocenters. The molecule has 0 saturated heterocycles. The molecule has 5 heteroatoms. The van der Waals surface area contributed by atoms with E-state index in [1.807, 2.05) is 72.8 Å². The van der Waals surface area contributed by atoms with Crippen molar-refractivity contribution in [3.63, 3.8) is 0 Å². The summed E-state index contributed by atoms with van der Waals surface area (Å²) in [5, 5.41) is 0. The number of ether oxygens (including phenoxy) is 2. The summed E-state index contributed by atoms with van der Waals surface area (Å²) in [5.41, 5.74) is 3.76. The Balaban J connectivity index is 1.56. The SMILES string of the molecule is COC(=O)[C@]1([C@H](C(=O)O[C@H](C)c2ccccc2)C(=O)c2ccccc2)CC2c3ccccc3C1c1ccccc12. The fraction of sp³-hybridized carbons (Fsp3) is 0.229. The molecule has 0 aromatic heterocycles. The molecular weight excluding hydrogens is 500 g/mol. The zero-order valence-corrected chi connectivity index (χ0v) is 22.5. The van der Waals surface area contributed by atoms with Gasteiger partial charge in [-0.3, -0.25) is 14.4 Å². The van der Waals surface area contributed by atoms with Gasteiger partial charge >= 0.3 is 11.9 Å². The molecule has 0 amide bonds. The number of benzene rings is 4. The van der Waals surface area contributed by atoms with E-state index in [1.54, 1.807) is 31.2 Å². The van der Waals surface area contributed by atoms with Crippen molar-refractivity contribution in [3.05, 3.63) is 143 Å². The normalized spacial score (nSPS) is 21.9. The van der Waals surface area contributed by atoms with Crippen molar-refractivity contribution in [2.45, 2.75) is 31.3 Å². The number of hydrogen-bond acceptors (Lipinski definition) is 5. The van der Waals surface area contributed by atoms with E-state index in [0.29, 0.717) is 5.56 Å². The van der Waals surface area contributed by atoms with Gasteiger partial charge in [0.2, 0.25) is 0 Å². The lowest BCUT2D eigenvalue weighted by Gasteiger charge is -2.53. The van der Waals surface area contributed by atoms with Gasteiger partial charge in [-0.15, -0.1) is 0 Å². The fourth-order valence-electron chi connectivity index (χ4n) is 6.90. The van der Waals surface area contributed by atoms with Crippen LogP contribution in [0.4, 0.5) is 0 Å². The van der Waals surface area contributed by atoms with E-state index in [0.717, 1.165) is 27.8 Å². The molecule has 5 nitrogen and oxygen atoms in total. The van der Waals surface area contributed by atoms with E-state index in [9.17, 15) is 14.4 Å². The average molecular weight is 531 g/mol. The lowest BCUT2D eigenvalue weighted by Crippen LogP contribution is -2.56. The number of rotatable bonds is 7. The highest BCUT2D eigenvalue weighted by molar-refractivity contribution is 6.12. The van der Waals surface area contributed by atoms with E-state index in [2.05, 4.69) is 12.1 Å². The third-order valence-electron chi connectivity index (χ3n) is 8.62. The van der Waals surface area contributed by atoms with E-state index < -0.39 is 41.1 Å². The second-order valence-electron chi connectivity index (χ2n) is 10.6. The van der Waals surface area contributed by atoms with Crippen LogP contribution in [-0.2, 0) is 19.1 Å². The summed E-state index contributed by atoms with van der Waals surface area (Å²) in [6, 6.07) is 34.1. The minimum atomic E-state index is -1.50. The van der Waals surface area contributed by atoms with Crippen LogP contribution in [0, 0.1) is 11.3 Å². The monoisotopic (exact) mass is 530 g/mol. The minimum absolute atomic E-state index is 0.179. The number of carbonyl (C=O) groups is 3. The van der Waals surface area contributed by atoms with Crippen LogP contribution in [0.5, 0.6) is 0 Å². The van der Waals surface area contributed by atoms with Crippen LogP contribution in [0.2, 0.25) is 0 Å². The molecule has 3 aliphatic rings. The molecule has 200 valence electrons. The number of ketones is 1. The molecule has 40 heavy (non-hydrogen) atoms. The van der Waals surface area contributed by atoms with Gasteiger partial charge in [-0.2, -0.15) is 0 Å². The first-order valence-electron chi connectivity index (χ1n) is 13.6. The van der Waals surface area contributed by atoms with Crippen LogP contribution < -0.4 is 0 Å². The molecule has 4 aromatic rings. The van der Waals surface area contributed by atoms with Gasteiger partial charge in [-0.05, 0) is 41.2 Å². The van der Waals surface area contributed by atoms with Crippen molar-refractivity contribution in [3.8, 4) is 0 Å². The Morgan fingerprint density at radius 3 is 1.77 bits per heavy atom. The molecule has 0 aliphatic heterocycles. The molecule has 2 bridgehead atoms. The predicted octanol–water partition coefficient (Wildman–Crippen LogP) is 6.63. The Hall–Kier alpha value is -4.51. The van der Waals surface area contributed by atoms with Gasteiger partial charge in [0.15, 0.2) is 5.78 Å². The maximum Gasteiger partial charge on any atom is 0.318 e. The lowest BCUT2D eigenvalue weighted by atomic mass is 9.47. The lowest BCUT2D eigenvalue weighted by molar-refractivity contribution is -0.171. The summed E-state index contributed by atoms with van der Waals surface area (Å²) in [5.74, 6) is -3.90. The van der Waals surface area contributed by atoms with Crippen LogP contribution in [-0.4, -0.2) is 24.8 Å². The van der Waals surface area contributed by atoms with Gasteiger partial charge in [-0.1, -0.05) is 109 Å². The number of methoxy groups -OCH3 is 1. The fourth-order valence-corrected chi connectivity index (χ4v) is 6.90. The van der Waals surface area contributed by atoms with Crippen molar-refractivity contribution < 1.29 is 23.9 Å². The maximum absolute atomic E-state index is 14.4. The molecule has 0 heterocycles. The average Bonchev–Trinajstić information content (AvgIpc) is 3.01. The number of hydrogen-bond donors (Lipinski definition) is 0. The van der Waals surface area contributed by atoms with E-state index in [4.69, 9.17) is 9.47 Å². The first-order valence-corrected chi connectivity index (χ1v) is 13.6. The Kier molecular flexibility index (Phi) is 6.59. The smallest absolute Gasteiger partial charge is 0.318 e. The predicted molar refractivity (Wildman–Crippen MR) is 151 cm³/mol. The van der Waals surface area contributed by atoms with Crippen molar-refractivity contribution in [2.24, 2.45) is 11.3 Å². The molecule has 3 aliphatic carbocycles. The van der Waals surface area contributed by atoms with Gasteiger partial charge < -0.3 is 9.47 Å². The first kappa shape index (κ1) is 25.8. The van der Waals surface area contributed by atoms with E-state index in [-0.39, 0.29) is 12.3 Å². The molecule has 0 unspecified atom stereocenters. The van der Waals surface area contributed by atoms with Crippen molar-refractivity contribution in [1.29, 1.82) is 0 Å². The van der Waals surface area contributed by atoms with Crippen molar-refractivity contribution >= 4 is 17.7 Å². The van der Waals surface area contributed by atoms with Gasteiger partial charge in [0, 0.05) is 17.4 Å². The molecular formula is C35H30O5. The Labute approximate surface area is 233 Å². The molecule has 0 spiro atoms. The van der Waals surface area contributed by atoms with E-state index >= 15 is 0 Å². The van der Waals surface area contributed by atoms with Gasteiger partial charge in [0.1, 0.15) is 17.4 Å². The number of carbonyl (C=O) groups excluding carboxylic acids is 3. The molecule has 0 radical (unpaired) electrons. The molecule has 4 aromatic carbocycles. The third-order valence-corrected chi connectivity index (χ3v) is 8.62. The Bertz CT molecular complexity index is 1530. The van der Waals surface area contributed by atoms with Crippen LogP contribution in [0.1, 0.15) is 69.5 Å².